The zero-order chi connectivity index (χ0) is 21.6. The number of carbonyl (C=O) groups is 1. The Bertz CT molecular complexity index is 1390. The molecule has 1 aromatic heterocycles. The zero-order valence-electron chi connectivity index (χ0n) is 16.4. The largest absolute Gasteiger partial charge is 0.489 e. The van der Waals surface area contributed by atoms with Crippen LogP contribution in [0.5, 0.6) is 5.75 Å². The summed E-state index contributed by atoms with van der Waals surface area (Å²) in [5.41, 5.74) is 0.988. The van der Waals surface area contributed by atoms with E-state index in [1.165, 1.54) is 0 Å². The Balaban J connectivity index is 1.50. The van der Waals surface area contributed by atoms with Gasteiger partial charge in [0.15, 0.2) is 5.60 Å². The number of halogens is 1. The minimum atomic E-state index is -1.00. The van der Waals surface area contributed by atoms with E-state index in [4.69, 9.17) is 25.5 Å². The molecule has 1 aliphatic heterocycles. The Morgan fingerprint density at radius 3 is 2.45 bits per heavy atom. The van der Waals surface area contributed by atoms with Gasteiger partial charge in [-0.15, -0.1) is 0 Å². The van der Waals surface area contributed by atoms with Crippen LogP contribution in [0, 0.1) is 0 Å². The predicted octanol–water partition coefficient (Wildman–Crippen LogP) is 5.38. The van der Waals surface area contributed by atoms with Crippen LogP contribution in [0.4, 0.5) is 0 Å². The van der Waals surface area contributed by atoms with Crippen molar-refractivity contribution >= 4 is 39.5 Å². The molecule has 3 aromatic carbocycles. The van der Waals surface area contributed by atoms with E-state index in [1.54, 1.807) is 48.5 Å². The van der Waals surface area contributed by atoms with Gasteiger partial charge in [-0.3, -0.25) is 4.79 Å². The Kier molecular flexibility index (Phi) is 4.56. The molecule has 5 nitrogen and oxygen atoms in total. The summed E-state index contributed by atoms with van der Waals surface area (Å²) in [5.74, 6) is 0.0439. The van der Waals surface area contributed by atoms with Crippen LogP contribution in [0.3, 0.4) is 0 Å². The number of carbonyl (C=O) groups excluding carboxylic acids is 1. The number of para-hydroxylation sites is 1. The van der Waals surface area contributed by atoms with Crippen molar-refractivity contribution in [3.05, 3.63) is 99.7 Å². The molecule has 1 unspecified atom stereocenters. The number of cyclic esters (lactones) is 1. The second-order valence-electron chi connectivity index (χ2n) is 7.55. The lowest BCUT2D eigenvalue weighted by atomic mass is 9.90. The number of fused-ring (bicyclic) bond motifs is 2. The average molecular weight is 433 g/mol. The van der Waals surface area contributed by atoms with Crippen molar-refractivity contribution in [1.29, 1.82) is 0 Å². The third-order valence-electron chi connectivity index (χ3n) is 5.47. The Labute approximate surface area is 182 Å². The van der Waals surface area contributed by atoms with Gasteiger partial charge in [-0.05, 0) is 42.0 Å². The molecule has 1 saturated heterocycles. The monoisotopic (exact) mass is 432 g/mol. The van der Waals surface area contributed by atoms with Crippen LogP contribution in [0.2, 0.25) is 5.02 Å². The number of hydrogen-bond acceptors (Lipinski definition) is 5. The molecule has 5 rings (SSSR count). The number of ether oxygens (including phenoxy) is 2. The molecule has 6 heteroatoms. The van der Waals surface area contributed by atoms with Crippen molar-refractivity contribution in [1.82, 2.24) is 0 Å². The molecule has 1 atom stereocenters. The molecule has 0 aliphatic carbocycles. The molecule has 1 fully saturated rings. The summed E-state index contributed by atoms with van der Waals surface area (Å²) in [6, 6.07) is 19.3. The quantitative estimate of drug-likeness (QED) is 0.246. The molecule has 2 heterocycles. The first-order chi connectivity index (χ1) is 14.9. The lowest BCUT2D eigenvalue weighted by molar-refractivity contribution is -0.150. The molecular formula is C25H17ClO5. The van der Waals surface area contributed by atoms with Gasteiger partial charge in [-0.2, -0.15) is 0 Å². The maximum atomic E-state index is 12.7. The minimum Gasteiger partial charge on any atom is -0.489 e. The third-order valence-corrected chi connectivity index (χ3v) is 5.72. The van der Waals surface area contributed by atoms with Crippen LogP contribution in [0.15, 0.2) is 88.1 Å². The molecule has 0 N–H and O–H groups in total. The second kappa shape index (κ2) is 7.29. The number of esters is 1. The molecule has 0 bridgehead atoms. The number of rotatable bonds is 4. The lowest BCUT2D eigenvalue weighted by Gasteiger charge is -2.28. The molecule has 0 amide bonds. The maximum Gasteiger partial charge on any atom is 0.334 e. The SMILES string of the molecule is C=C1CC(COc2ccc3c(=O)c4ccccc4oc3c2)(c2ccc(Cl)cc2)OC1=O. The summed E-state index contributed by atoms with van der Waals surface area (Å²) in [7, 11) is 0. The highest BCUT2D eigenvalue weighted by Gasteiger charge is 2.45. The van der Waals surface area contributed by atoms with E-state index in [1.807, 2.05) is 18.2 Å². The van der Waals surface area contributed by atoms with Gasteiger partial charge in [-0.1, -0.05) is 42.4 Å². The van der Waals surface area contributed by atoms with Crippen molar-refractivity contribution in [2.75, 3.05) is 6.61 Å². The van der Waals surface area contributed by atoms with E-state index in [2.05, 4.69) is 6.58 Å². The van der Waals surface area contributed by atoms with E-state index in [-0.39, 0.29) is 12.0 Å². The van der Waals surface area contributed by atoms with Crippen molar-refractivity contribution < 1.29 is 18.7 Å². The normalized spacial score (nSPS) is 18.5. The molecule has 0 radical (unpaired) electrons. The van der Waals surface area contributed by atoms with Gasteiger partial charge in [0.1, 0.15) is 23.5 Å². The van der Waals surface area contributed by atoms with E-state index in [9.17, 15) is 9.59 Å². The summed E-state index contributed by atoms with van der Waals surface area (Å²) in [6.45, 7) is 3.87. The van der Waals surface area contributed by atoms with Gasteiger partial charge in [0, 0.05) is 23.1 Å². The standard InChI is InChI=1S/C25H17ClO5/c1-15-13-25(31-24(15)28,16-6-8-17(26)9-7-16)14-29-18-10-11-20-22(12-18)30-21-5-3-2-4-19(21)23(20)27/h2-12H,1,13-14H2. The summed E-state index contributed by atoms with van der Waals surface area (Å²) in [6.07, 6.45) is 0.306. The van der Waals surface area contributed by atoms with Gasteiger partial charge < -0.3 is 13.9 Å². The van der Waals surface area contributed by atoms with Gasteiger partial charge >= 0.3 is 5.97 Å². The fourth-order valence-corrected chi connectivity index (χ4v) is 3.98. The molecular weight excluding hydrogens is 416 g/mol. The number of hydrogen-bond donors (Lipinski definition) is 0. The van der Waals surface area contributed by atoms with Gasteiger partial charge in [0.05, 0.1) is 10.8 Å². The highest BCUT2D eigenvalue weighted by atomic mass is 35.5. The van der Waals surface area contributed by atoms with Crippen LogP contribution < -0.4 is 10.2 Å². The van der Waals surface area contributed by atoms with Crippen molar-refractivity contribution in [2.45, 2.75) is 12.0 Å². The van der Waals surface area contributed by atoms with Crippen LogP contribution >= 0.6 is 11.6 Å². The van der Waals surface area contributed by atoms with Crippen LogP contribution in [-0.4, -0.2) is 12.6 Å². The van der Waals surface area contributed by atoms with Crippen LogP contribution in [-0.2, 0) is 15.1 Å². The summed E-state index contributed by atoms with van der Waals surface area (Å²) in [4.78, 5) is 24.8. The topological polar surface area (TPSA) is 65.7 Å². The van der Waals surface area contributed by atoms with Crippen LogP contribution in [0.25, 0.3) is 21.9 Å². The molecule has 0 spiro atoms. The summed E-state index contributed by atoms with van der Waals surface area (Å²) in [5, 5.41) is 1.58. The smallest absolute Gasteiger partial charge is 0.334 e. The fraction of sp³-hybridized carbons (Fsp3) is 0.120. The lowest BCUT2D eigenvalue weighted by Crippen LogP contribution is -2.33. The minimum absolute atomic E-state index is 0.0721. The fourth-order valence-electron chi connectivity index (χ4n) is 3.85. The summed E-state index contributed by atoms with van der Waals surface area (Å²) >= 11 is 6.01. The summed E-state index contributed by atoms with van der Waals surface area (Å²) < 4.78 is 17.6. The van der Waals surface area contributed by atoms with Gasteiger partial charge in [-0.25, -0.2) is 4.79 Å². The Hall–Kier alpha value is -3.57. The molecule has 4 aromatic rings. The highest BCUT2D eigenvalue weighted by Crippen LogP contribution is 2.40. The van der Waals surface area contributed by atoms with Crippen molar-refractivity contribution in [3.8, 4) is 5.75 Å². The first-order valence-electron chi connectivity index (χ1n) is 9.71. The predicted molar refractivity (Wildman–Crippen MR) is 118 cm³/mol. The molecule has 31 heavy (non-hydrogen) atoms. The maximum absolute atomic E-state index is 12.7. The van der Waals surface area contributed by atoms with E-state index < -0.39 is 11.6 Å². The number of benzene rings is 3. The first kappa shape index (κ1) is 19.4. The van der Waals surface area contributed by atoms with Crippen LogP contribution in [0.1, 0.15) is 12.0 Å². The van der Waals surface area contributed by atoms with Gasteiger partial charge in [0.25, 0.3) is 0 Å². The zero-order valence-corrected chi connectivity index (χ0v) is 17.1. The molecule has 154 valence electrons. The Morgan fingerprint density at radius 1 is 0.968 bits per heavy atom. The van der Waals surface area contributed by atoms with E-state index in [0.717, 1.165) is 5.56 Å². The van der Waals surface area contributed by atoms with E-state index in [0.29, 0.717) is 44.7 Å². The van der Waals surface area contributed by atoms with Crippen molar-refractivity contribution in [3.63, 3.8) is 0 Å². The Morgan fingerprint density at radius 2 is 1.71 bits per heavy atom. The average Bonchev–Trinajstić information content (AvgIpc) is 3.07. The highest BCUT2D eigenvalue weighted by molar-refractivity contribution is 6.30. The first-order valence-corrected chi connectivity index (χ1v) is 10.1. The van der Waals surface area contributed by atoms with E-state index >= 15 is 0 Å². The second-order valence-corrected chi connectivity index (χ2v) is 7.98. The van der Waals surface area contributed by atoms with Crippen molar-refractivity contribution in [2.24, 2.45) is 0 Å². The molecule has 0 saturated carbocycles. The third kappa shape index (κ3) is 3.37. The molecule has 1 aliphatic rings. The van der Waals surface area contributed by atoms with Gasteiger partial charge in [0.2, 0.25) is 5.43 Å².